The molecular formula is C12H16BrFO. The van der Waals surface area contributed by atoms with Crippen molar-refractivity contribution < 1.29 is 9.13 Å². The van der Waals surface area contributed by atoms with Gasteiger partial charge in [-0.2, -0.15) is 0 Å². The molecule has 0 saturated heterocycles. The summed E-state index contributed by atoms with van der Waals surface area (Å²) < 4.78 is 19.2. The summed E-state index contributed by atoms with van der Waals surface area (Å²) in [7, 11) is 0. The van der Waals surface area contributed by atoms with E-state index in [2.05, 4.69) is 29.8 Å². The maximum absolute atomic E-state index is 12.8. The molecule has 0 N–H and O–H groups in total. The third-order valence-corrected chi connectivity index (χ3v) is 2.97. The van der Waals surface area contributed by atoms with Gasteiger partial charge in [-0.15, -0.1) is 0 Å². The van der Waals surface area contributed by atoms with Gasteiger partial charge in [0.1, 0.15) is 5.82 Å². The Morgan fingerprint density at radius 2 is 2.20 bits per heavy atom. The molecule has 1 nitrogen and oxygen atoms in total. The van der Waals surface area contributed by atoms with Gasteiger partial charge in [-0.1, -0.05) is 35.3 Å². The lowest BCUT2D eigenvalue weighted by Gasteiger charge is -2.12. The summed E-state index contributed by atoms with van der Waals surface area (Å²) in [4.78, 5) is 0. The molecule has 0 amide bonds. The van der Waals surface area contributed by atoms with Crippen molar-refractivity contribution in [3.8, 4) is 0 Å². The molecule has 0 bridgehead atoms. The summed E-state index contributed by atoms with van der Waals surface area (Å²) in [5.74, 6) is -0.229. The van der Waals surface area contributed by atoms with Gasteiger partial charge in [-0.3, -0.25) is 0 Å². The molecule has 15 heavy (non-hydrogen) atoms. The molecule has 0 radical (unpaired) electrons. The Morgan fingerprint density at radius 3 is 2.80 bits per heavy atom. The van der Waals surface area contributed by atoms with E-state index in [1.165, 1.54) is 12.1 Å². The first-order chi connectivity index (χ1) is 7.13. The summed E-state index contributed by atoms with van der Waals surface area (Å²) in [5.41, 5.74) is 0.986. The van der Waals surface area contributed by atoms with Crippen molar-refractivity contribution in [1.82, 2.24) is 0 Å². The second-order valence-electron chi connectivity index (χ2n) is 3.65. The van der Waals surface area contributed by atoms with Crippen LogP contribution in [-0.4, -0.2) is 6.10 Å². The van der Waals surface area contributed by atoms with E-state index < -0.39 is 0 Å². The molecule has 0 aliphatic rings. The molecule has 0 heterocycles. The highest BCUT2D eigenvalue weighted by Crippen LogP contribution is 2.19. The third kappa shape index (κ3) is 4.31. The maximum Gasteiger partial charge on any atom is 0.124 e. The van der Waals surface area contributed by atoms with Crippen LogP contribution in [0.25, 0.3) is 0 Å². The summed E-state index contributed by atoms with van der Waals surface area (Å²) in [5, 5.41) is 0. The summed E-state index contributed by atoms with van der Waals surface area (Å²) in [6.07, 6.45) is 2.43. The Labute approximate surface area is 98.8 Å². The van der Waals surface area contributed by atoms with Crippen molar-refractivity contribution >= 4 is 15.9 Å². The number of halogens is 2. The zero-order chi connectivity index (χ0) is 11.3. The number of ether oxygens (including phenoxy) is 1. The van der Waals surface area contributed by atoms with Gasteiger partial charge in [-0.25, -0.2) is 4.39 Å². The zero-order valence-corrected chi connectivity index (χ0v) is 10.7. The largest absolute Gasteiger partial charge is 0.374 e. The zero-order valence-electron chi connectivity index (χ0n) is 9.09. The van der Waals surface area contributed by atoms with Gasteiger partial charge in [0.25, 0.3) is 0 Å². The highest BCUT2D eigenvalue weighted by molar-refractivity contribution is 9.10. The molecule has 3 heteroatoms. The normalized spacial score (nSPS) is 12.8. The van der Waals surface area contributed by atoms with E-state index >= 15 is 0 Å². The smallest absolute Gasteiger partial charge is 0.124 e. The molecule has 1 aromatic rings. The predicted molar refractivity (Wildman–Crippen MR) is 63.3 cm³/mol. The van der Waals surface area contributed by atoms with Crippen molar-refractivity contribution in [3.63, 3.8) is 0 Å². The second kappa shape index (κ2) is 6.23. The highest BCUT2D eigenvalue weighted by Gasteiger charge is 2.04. The minimum Gasteiger partial charge on any atom is -0.374 e. The van der Waals surface area contributed by atoms with Crippen LogP contribution in [0.1, 0.15) is 32.3 Å². The maximum atomic E-state index is 12.8. The Balaban J connectivity index is 2.50. The van der Waals surface area contributed by atoms with E-state index in [0.717, 1.165) is 22.9 Å². The molecule has 0 saturated carbocycles. The quantitative estimate of drug-likeness (QED) is 0.778. The number of rotatable bonds is 5. The van der Waals surface area contributed by atoms with Crippen molar-refractivity contribution in [1.29, 1.82) is 0 Å². The molecule has 0 aromatic heterocycles. The average molecular weight is 275 g/mol. The summed E-state index contributed by atoms with van der Waals surface area (Å²) >= 11 is 3.32. The van der Waals surface area contributed by atoms with Crippen LogP contribution in [0.4, 0.5) is 4.39 Å². The van der Waals surface area contributed by atoms with Crippen LogP contribution in [0.3, 0.4) is 0 Å². The Bertz CT molecular complexity index is 314. The first-order valence-electron chi connectivity index (χ1n) is 5.19. The predicted octanol–water partition coefficient (Wildman–Crippen LogP) is 4.29. The number of benzene rings is 1. The third-order valence-electron chi connectivity index (χ3n) is 2.23. The van der Waals surface area contributed by atoms with Crippen LogP contribution < -0.4 is 0 Å². The Morgan fingerprint density at radius 1 is 1.47 bits per heavy atom. The van der Waals surface area contributed by atoms with Crippen LogP contribution in [0.15, 0.2) is 22.7 Å². The van der Waals surface area contributed by atoms with Crippen LogP contribution in [0.2, 0.25) is 0 Å². The van der Waals surface area contributed by atoms with Crippen molar-refractivity contribution in [2.24, 2.45) is 0 Å². The van der Waals surface area contributed by atoms with E-state index in [9.17, 15) is 4.39 Å². The van der Waals surface area contributed by atoms with Crippen molar-refractivity contribution in [2.75, 3.05) is 0 Å². The van der Waals surface area contributed by atoms with Crippen LogP contribution in [-0.2, 0) is 11.3 Å². The molecule has 84 valence electrons. The minimum atomic E-state index is -0.229. The lowest BCUT2D eigenvalue weighted by atomic mass is 10.2. The fraction of sp³-hybridized carbons (Fsp3) is 0.500. The molecule has 0 aliphatic carbocycles. The van der Waals surface area contributed by atoms with Gasteiger partial charge in [-0.05, 0) is 31.0 Å². The first-order valence-corrected chi connectivity index (χ1v) is 5.98. The molecule has 1 rings (SSSR count). The SMILES string of the molecule is CCCC(C)OCc1ccc(F)cc1Br. The highest BCUT2D eigenvalue weighted by atomic mass is 79.9. The van der Waals surface area contributed by atoms with E-state index in [4.69, 9.17) is 4.74 Å². The van der Waals surface area contributed by atoms with Gasteiger partial charge in [0.05, 0.1) is 12.7 Å². The fourth-order valence-corrected chi connectivity index (χ4v) is 1.83. The van der Waals surface area contributed by atoms with E-state index in [0.29, 0.717) is 6.61 Å². The molecule has 1 unspecified atom stereocenters. The number of hydrogen-bond donors (Lipinski definition) is 0. The van der Waals surface area contributed by atoms with Crippen LogP contribution in [0.5, 0.6) is 0 Å². The topological polar surface area (TPSA) is 9.23 Å². The molecule has 1 aromatic carbocycles. The molecular weight excluding hydrogens is 259 g/mol. The monoisotopic (exact) mass is 274 g/mol. The second-order valence-corrected chi connectivity index (χ2v) is 4.50. The van der Waals surface area contributed by atoms with Crippen molar-refractivity contribution in [2.45, 2.75) is 39.4 Å². The van der Waals surface area contributed by atoms with E-state index in [1.807, 2.05) is 0 Å². The van der Waals surface area contributed by atoms with Crippen LogP contribution >= 0.6 is 15.9 Å². The van der Waals surface area contributed by atoms with Crippen LogP contribution in [0, 0.1) is 5.82 Å². The Hall–Kier alpha value is -0.410. The molecule has 0 aliphatic heterocycles. The summed E-state index contributed by atoms with van der Waals surface area (Å²) in [6, 6.07) is 4.66. The average Bonchev–Trinajstić information content (AvgIpc) is 2.17. The fourth-order valence-electron chi connectivity index (χ4n) is 1.36. The first kappa shape index (κ1) is 12.7. The van der Waals surface area contributed by atoms with Gasteiger partial charge >= 0.3 is 0 Å². The van der Waals surface area contributed by atoms with E-state index in [-0.39, 0.29) is 11.9 Å². The van der Waals surface area contributed by atoms with Gasteiger partial charge in [0.2, 0.25) is 0 Å². The van der Waals surface area contributed by atoms with E-state index in [1.54, 1.807) is 6.07 Å². The standard InChI is InChI=1S/C12H16BrFO/c1-3-4-9(2)15-8-10-5-6-11(14)7-12(10)13/h5-7,9H,3-4,8H2,1-2H3. The van der Waals surface area contributed by atoms with Crippen molar-refractivity contribution in [3.05, 3.63) is 34.1 Å². The molecule has 0 fully saturated rings. The van der Waals surface area contributed by atoms with Gasteiger partial charge < -0.3 is 4.74 Å². The van der Waals surface area contributed by atoms with Gasteiger partial charge in [0.15, 0.2) is 0 Å². The Kier molecular flexibility index (Phi) is 5.26. The van der Waals surface area contributed by atoms with Gasteiger partial charge in [0, 0.05) is 4.47 Å². The molecule has 0 spiro atoms. The lowest BCUT2D eigenvalue weighted by Crippen LogP contribution is -2.07. The molecule has 1 atom stereocenters. The minimum absolute atomic E-state index is 0.229. The lowest BCUT2D eigenvalue weighted by molar-refractivity contribution is 0.0468. The number of hydrogen-bond acceptors (Lipinski definition) is 1. The summed E-state index contributed by atoms with van der Waals surface area (Å²) in [6.45, 7) is 4.72.